The first kappa shape index (κ1) is 45.9. The van der Waals surface area contributed by atoms with E-state index < -0.39 is 14.7 Å². The van der Waals surface area contributed by atoms with Crippen molar-refractivity contribution in [2.45, 2.75) is 38.5 Å². The number of hydrogen-bond acceptors (Lipinski definition) is 2. The minimum atomic E-state index is -1.24. The van der Waals surface area contributed by atoms with Crippen LogP contribution in [-0.2, 0) is 10.8 Å². The highest BCUT2D eigenvalue weighted by Gasteiger charge is 2.42. The third kappa shape index (κ3) is 5.42. The molecule has 0 saturated carbocycles. The maximum absolute atomic E-state index is 7.98. The van der Waals surface area contributed by atoms with Crippen LogP contribution in [0.25, 0.3) is 153 Å². The Morgan fingerprint density at radius 3 is 1.33 bits per heavy atom. The average molecular weight is 1110 g/mol. The molecule has 18 aromatic rings. The molecule has 2 aliphatic carbocycles. The number of hydrogen-bond donors (Lipinski definition) is 0. The van der Waals surface area contributed by atoms with E-state index in [-0.39, 0.29) is 10.8 Å². The van der Waals surface area contributed by atoms with Gasteiger partial charge in [-0.25, -0.2) is 0 Å². The van der Waals surface area contributed by atoms with Crippen molar-refractivity contribution in [1.82, 2.24) is 18.3 Å². The molecule has 0 radical (unpaired) electrons. The molecule has 6 aromatic heterocycles. The Balaban J connectivity index is 1.08. The summed E-state index contributed by atoms with van der Waals surface area (Å²) >= 11 is 0. The molecule has 0 aliphatic heterocycles. The van der Waals surface area contributed by atoms with Crippen molar-refractivity contribution in [2.24, 2.45) is 0 Å². The summed E-state index contributed by atoms with van der Waals surface area (Å²) in [6, 6.07) is 86.1. The van der Waals surface area contributed by atoms with Crippen LogP contribution in [0.15, 0.2) is 239 Å². The number of aromatic nitrogens is 4. The molecule has 0 bridgehead atoms. The van der Waals surface area contributed by atoms with Crippen LogP contribution in [0.5, 0.6) is 0 Å². The first-order valence-electron chi connectivity index (χ1n) is 29.2. The predicted molar refractivity (Wildman–Crippen MR) is 352 cm³/mol. The van der Waals surface area contributed by atoms with Gasteiger partial charge >= 0.3 is 0 Å². The normalized spacial score (nSPS) is 14.8. The van der Waals surface area contributed by atoms with Crippen LogP contribution in [-0.4, -0.2) is 18.3 Å². The Labute approximate surface area is 483 Å². The zero-order chi connectivity index (χ0) is 55.2. The van der Waals surface area contributed by atoms with Crippen LogP contribution in [0.1, 0.15) is 49.9 Å². The highest BCUT2D eigenvalue weighted by Crippen LogP contribution is 2.65. The summed E-state index contributed by atoms with van der Waals surface area (Å²) in [6.07, 6.45) is 0. The monoisotopic (exact) mass is 1110 g/mol. The van der Waals surface area contributed by atoms with Crippen molar-refractivity contribution in [3.8, 4) is 45.0 Å². The fraction of sp³-hybridized carbons (Fsp3) is 0.0789. The first-order valence-corrected chi connectivity index (χ1v) is 31.9. The van der Waals surface area contributed by atoms with E-state index in [9.17, 15) is 0 Å². The predicted octanol–water partition coefficient (Wildman–Crippen LogP) is 21.9. The number of para-hydroxylation sites is 4. The molecule has 84 heavy (non-hydrogen) atoms. The van der Waals surface area contributed by atoms with Gasteiger partial charge in [-0.05, 0) is 147 Å². The fourth-order valence-corrected chi connectivity index (χ4v) is 22.2. The molecule has 0 amide bonds. The minimum absolute atomic E-state index is 0.300. The second kappa shape index (κ2) is 15.7. The van der Waals surface area contributed by atoms with Gasteiger partial charge in [0, 0.05) is 43.8 Å². The van der Waals surface area contributed by atoms with Crippen molar-refractivity contribution in [3.05, 3.63) is 253 Å². The molecule has 2 unspecified atom stereocenters. The third-order valence-electron chi connectivity index (χ3n) is 19.4. The fourth-order valence-electron chi connectivity index (χ4n) is 16.2. The smallest absolute Gasteiger partial charge is 0.151 e. The molecule has 396 valence electrons. The van der Waals surface area contributed by atoms with E-state index in [4.69, 9.17) is 8.83 Å². The van der Waals surface area contributed by atoms with Crippen LogP contribution < -0.4 is 0 Å². The molecule has 20 rings (SSSR count). The quantitative estimate of drug-likeness (QED) is 0.130. The van der Waals surface area contributed by atoms with Crippen molar-refractivity contribution < 1.29 is 8.83 Å². The van der Waals surface area contributed by atoms with Crippen LogP contribution >= 0.6 is 14.7 Å². The Bertz CT molecular complexity index is 5950. The van der Waals surface area contributed by atoms with Crippen LogP contribution in [0.4, 0.5) is 0 Å². The van der Waals surface area contributed by atoms with Gasteiger partial charge in [-0.2, -0.15) is 0 Å². The Morgan fingerprint density at radius 1 is 0.310 bits per heavy atom. The van der Waals surface area contributed by atoms with E-state index in [1.807, 2.05) is 0 Å². The molecule has 6 nitrogen and oxygen atoms in total. The van der Waals surface area contributed by atoms with Gasteiger partial charge in [0.25, 0.3) is 0 Å². The van der Waals surface area contributed by atoms with E-state index in [0.717, 1.165) is 66.9 Å². The molecule has 0 spiro atoms. The maximum Gasteiger partial charge on any atom is 0.151 e. The van der Waals surface area contributed by atoms with Gasteiger partial charge < -0.3 is 27.1 Å². The Kier molecular flexibility index (Phi) is 8.56. The second-order valence-corrected chi connectivity index (χ2v) is 28.4. The third-order valence-corrected chi connectivity index (χ3v) is 24.8. The van der Waals surface area contributed by atoms with Crippen molar-refractivity contribution in [1.29, 1.82) is 0 Å². The summed E-state index contributed by atoms with van der Waals surface area (Å²) in [7, 11) is -2.48. The van der Waals surface area contributed by atoms with Gasteiger partial charge in [0.2, 0.25) is 0 Å². The van der Waals surface area contributed by atoms with Crippen molar-refractivity contribution in [2.75, 3.05) is 0 Å². The average Bonchev–Trinajstić information content (AvgIpc) is 1.01. The topological polar surface area (TPSA) is 46.0 Å². The highest BCUT2D eigenvalue weighted by molar-refractivity contribution is 7.64. The number of benzene rings is 12. The lowest BCUT2D eigenvalue weighted by Gasteiger charge is -2.31. The second-order valence-electron chi connectivity index (χ2n) is 24.4. The molecule has 0 fully saturated rings. The summed E-state index contributed by atoms with van der Waals surface area (Å²) in [6.45, 7) is 9.74. The maximum atomic E-state index is 7.98. The molecular weight excluding hydrogens is 1060 g/mol. The SMILES string of the molecule is CC1(C)c2ccccc2-c2cc3oc4cc5cc6c7c(oc8cccc9c8p7c7c(cc8c(c7n9-c7ccccc7)C(C)(C)c7ccccc7-8)n6-c6ccccc6)c5c5c4p4c6c(cccc6n5-c5ccccc5)n(-c5ccccc5)c(c21)c34. The van der Waals surface area contributed by atoms with E-state index in [0.29, 0.717) is 0 Å². The summed E-state index contributed by atoms with van der Waals surface area (Å²) in [5, 5.41) is 9.91. The van der Waals surface area contributed by atoms with E-state index in [1.165, 1.54) is 108 Å². The van der Waals surface area contributed by atoms with Crippen molar-refractivity contribution in [3.63, 3.8) is 0 Å². The number of rotatable bonds is 4. The summed E-state index contributed by atoms with van der Waals surface area (Å²) in [5.41, 5.74) is 27.6. The lowest BCUT2D eigenvalue weighted by atomic mass is 9.81. The summed E-state index contributed by atoms with van der Waals surface area (Å²) < 4.78 is 26.1. The Hall–Kier alpha value is -9.70. The number of nitrogens with zero attached hydrogens (tertiary/aromatic N) is 4. The zero-order valence-electron chi connectivity index (χ0n) is 46.4. The van der Waals surface area contributed by atoms with Gasteiger partial charge in [0.15, 0.2) is 5.58 Å². The van der Waals surface area contributed by atoms with Crippen molar-refractivity contribution >= 4 is 123 Å². The standard InChI is InChI=1S/C76H50N4O2P2/c1-75(2)52-33-19-17-31-48(52)50-41-58-71-66(63(50)75)80(47-29-15-8-16-30-47)56-37-22-38-59-70(56)84(71)72-57(77(58)44-23-9-5-10-24-44)39-43-40-60-73-65(62(43)68(72)82-59)78(45-25-11-6-12-26-45)54-35-21-36-55-69(54)83(73)74-61(81-60)42-51-49-32-18-20-34-53(49)76(3,4)64(51)67(74)79(55)46-27-13-7-14-28-46/h5-42H,1-4H3. The number of fused-ring (bicyclic) bond motifs is 11. The summed E-state index contributed by atoms with van der Waals surface area (Å²) in [5.74, 6) is 0. The van der Waals surface area contributed by atoms with E-state index in [2.05, 4.69) is 276 Å². The lowest BCUT2D eigenvalue weighted by Crippen LogP contribution is -2.18. The van der Waals surface area contributed by atoms with Crippen LogP contribution in [0.2, 0.25) is 0 Å². The highest BCUT2D eigenvalue weighted by atomic mass is 31.1. The molecule has 0 saturated heterocycles. The van der Waals surface area contributed by atoms with Crippen LogP contribution in [0.3, 0.4) is 0 Å². The molecule has 0 N–H and O–H groups in total. The van der Waals surface area contributed by atoms with Gasteiger partial charge in [-0.15, -0.1) is 0 Å². The summed E-state index contributed by atoms with van der Waals surface area (Å²) in [4.78, 5) is 0. The largest absolute Gasteiger partial charge is 0.455 e. The van der Waals surface area contributed by atoms with Gasteiger partial charge in [-0.3, -0.25) is 0 Å². The molecule has 2 aliphatic rings. The van der Waals surface area contributed by atoms with Gasteiger partial charge in [-0.1, -0.05) is 176 Å². The molecular formula is C76H50N4O2P2. The Morgan fingerprint density at radius 2 is 0.750 bits per heavy atom. The minimum Gasteiger partial charge on any atom is -0.455 e. The lowest BCUT2D eigenvalue weighted by molar-refractivity contribution is 0.657. The first-order chi connectivity index (χ1) is 41.3. The molecule has 6 heterocycles. The molecule has 8 heteroatoms. The molecule has 12 aromatic carbocycles. The van der Waals surface area contributed by atoms with Gasteiger partial charge in [0.05, 0.1) is 70.0 Å². The molecule has 2 atom stereocenters. The van der Waals surface area contributed by atoms with Crippen LogP contribution in [0, 0.1) is 0 Å². The van der Waals surface area contributed by atoms with E-state index in [1.54, 1.807) is 0 Å². The van der Waals surface area contributed by atoms with E-state index >= 15 is 0 Å². The van der Waals surface area contributed by atoms with Gasteiger partial charge in [0.1, 0.15) is 16.7 Å². The zero-order valence-corrected chi connectivity index (χ0v) is 48.2.